The molecule has 1 aliphatic rings. The van der Waals surface area contributed by atoms with E-state index < -0.39 is 0 Å². The lowest BCUT2D eigenvalue weighted by Gasteiger charge is -2.32. The molecule has 0 bridgehead atoms. The fraction of sp³-hybridized carbons (Fsp3) is 0.643. The lowest BCUT2D eigenvalue weighted by Crippen LogP contribution is -2.30. The Morgan fingerprint density at radius 3 is 2.50 bits per heavy atom. The largest absolute Gasteiger partial charge is 0.381 e. The van der Waals surface area contributed by atoms with Crippen LogP contribution in [0.15, 0.2) is 18.3 Å². The number of anilines is 1. The maximum absolute atomic E-state index is 4.32. The van der Waals surface area contributed by atoms with Crippen LogP contribution in [0.5, 0.6) is 0 Å². The van der Waals surface area contributed by atoms with Gasteiger partial charge in [0.05, 0.1) is 11.4 Å². The van der Waals surface area contributed by atoms with Gasteiger partial charge in [-0.05, 0) is 50.2 Å². The number of aromatic nitrogens is 1. The molecule has 1 aromatic heterocycles. The summed E-state index contributed by atoms with van der Waals surface area (Å²) in [6.45, 7) is 6.79. The van der Waals surface area contributed by atoms with Gasteiger partial charge >= 0.3 is 0 Å². The molecule has 2 heteroatoms. The van der Waals surface area contributed by atoms with Gasteiger partial charge in [0.25, 0.3) is 0 Å². The van der Waals surface area contributed by atoms with E-state index >= 15 is 0 Å². The number of aryl methyl sites for hydroxylation is 1. The number of nitrogens with zero attached hydrogens (tertiary/aromatic N) is 1. The summed E-state index contributed by atoms with van der Waals surface area (Å²) >= 11 is 0. The van der Waals surface area contributed by atoms with Crippen molar-refractivity contribution in [3.8, 4) is 0 Å². The fourth-order valence-corrected chi connectivity index (χ4v) is 2.92. The van der Waals surface area contributed by atoms with Crippen LogP contribution in [0, 0.1) is 18.8 Å². The van der Waals surface area contributed by atoms with Crippen molar-refractivity contribution in [3.63, 3.8) is 0 Å². The van der Waals surface area contributed by atoms with Crippen LogP contribution in [0.4, 0.5) is 5.69 Å². The summed E-state index contributed by atoms with van der Waals surface area (Å²) < 4.78 is 0. The van der Waals surface area contributed by atoms with E-state index in [0.717, 1.165) is 17.5 Å². The SMILES string of the molecule is Cc1ncccc1NC1CC(C)CC(C)C1. The van der Waals surface area contributed by atoms with Gasteiger partial charge in [-0.25, -0.2) is 0 Å². The normalized spacial score (nSPS) is 30.1. The van der Waals surface area contributed by atoms with E-state index in [9.17, 15) is 0 Å². The molecule has 0 amide bonds. The molecule has 2 nitrogen and oxygen atoms in total. The molecule has 1 fully saturated rings. The molecule has 0 aliphatic heterocycles. The summed E-state index contributed by atoms with van der Waals surface area (Å²) in [5, 5.41) is 3.65. The Kier molecular flexibility index (Phi) is 3.47. The van der Waals surface area contributed by atoms with E-state index in [1.54, 1.807) is 0 Å². The second-order valence-corrected chi connectivity index (χ2v) is 5.40. The van der Waals surface area contributed by atoms with Gasteiger partial charge in [0.2, 0.25) is 0 Å². The first-order valence-corrected chi connectivity index (χ1v) is 6.33. The second-order valence-electron chi connectivity index (χ2n) is 5.40. The first kappa shape index (κ1) is 11.4. The van der Waals surface area contributed by atoms with Crippen molar-refractivity contribution in [2.45, 2.75) is 46.1 Å². The molecule has 1 N–H and O–H groups in total. The van der Waals surface area contributed by atoms with Crippen LogP contribution in [-0.4, -0.2) is 11.0 Å². The van der Waals surface area contributed by atoms with E-state index in [-0.39, 0.29) is 0 Å². The summed E-state index contributed by atoms with van der Waals surface area (Å²) in [6.07, 6.45) is 5.81. The van der Waals surface area contributed by atoms with E-state index in [1.165, 1.54) is 24.9 Å². The van der Waals surface area contributed by atoms with Gasteiger partial charge < -0.3 is 5.32 Å². The third kappa shape index (κ3) is 2.75. The van der Waals surface area contributed by atoms with Crippen molar-refractivity contribution in [1.82, 2.24) is 4.98 Å². The van der Waals surface area contributed by atoms with Crippen LogP contribution in [0.1, 0.15) is 38.8 Å². The average molecular weight is 218 g/mol. The third-order valence-electron chi connectivity index (χ3n) is 3.55. The van der Waals surface area contributed by atoms with Crippen LogP contribution >= 0.6 is 0 Å². The number of hydrogen-bond donors (Lipinski definition) is 1. The van der Waals surface area contributed by atoms with Gasteiger partial charge in [0.15, 0.2) is 0 Å². The highest BCUT2D eigenvalue weighted by Gasteiger charge is 2.23. The van der Waals surface area contributed by atoms with Crippen LogP contribution in [0.25, 0.3) is 0 Å². The highest BCUT2D eigenvalue weighted by Crippen LogP contribution is 2.30. The third-order valence-corrected chi connectivity index (χ3v) is 3.55. The van der Waals surface area contributed by atoms with E-state index in [1.807, 2.05) is 12.3 Å². The highest BCUT2D eigenvalue weighted by atomic mass is 14.9. The zero-order chi connectivity index (χ0) is 11.5. The molecule has 1 aliphatic carbocycles. The fourth-order valence-electron chi connectivity index (χ4n) is 2.92. The minimum Gasteiger partial charge on any atom is -0.381 e. The van der Waals surface area contributed by atoms with E-state index in [2.05, 4.69) is 37.1 Å². The highest BCUT2D eigenvalue weighted by molar-refractivity contribution is 5.47. The number of pyridine rings is 1. The zero-order valence-electron chi connectivity index (χ0n) is 10.5. The molecule has 0 radical (unpaired) electrons. The molecule has 1 aromatic rings. The summed E-state index contributed by atoms with van der Waals surface area (Å²) in [4.78, 5) is 4.32. The maximum atomic E-state index is 4.32. The summed E-state index contributed by atoms with van der Waals surface area (Å²) in [5.74, 6) is 1.69. The molecule has 2 atom stereocenters. The topological polar surface area (TPSA) is 24.9 Å². The van der Waals surface area contributed by atoms with Crippen LogP contribution in [0.3, 0.4) is 0 Å². The lowest BCUT2D eigenvalue weighted by molar-refractivity contribution is 0.281. The lowest BCUT2D eigenvalue weighted by atomic mass is 9.80. The molecule has 0 aromatic carbocycles. The quantitative estimate of drug-likeness (QED) is 0.820. The average Bonchev–Trinajstić information content (AvgIpc) is 2.20. The first-order valence-electron chi connectivity index (χ1n) is 6.33. The molecule has 1 heterocycles. The molecule has 1 saturated carbocycles. The van der Waals surface area contributed by atoms with E-state index in [4.69, 9.17) is 0 Å². The van der Waals surface area contributed by atoms with Gasteiger partial charge in [-0.15, -0.1) is 0 Å². The Bertz CT molecular complexity index is 338. The minimum absolute atomic E-state index is 0.627. The van der Waals surface area contributed by atoms with Crippen molar-refractivity contribution in [1.29, 1.82) is 0 Å². The van der Waals surface area contributed by atoms with Gasteiger partial charge in [0.1, 0.15) is 0 Å². The monoisotopic (exact) mass is 218 g/mol. The Hall–Kier alpha value is -1.05. The number of rotatable bonds is 2. The Morgan fingerprint density at radius 1 is 1.19 bits per heavy atom. The van der Waals surface area contributed by atoms with Crippen LogP contribution in [-0.2, 0) is 0 Å². The van der Waals surface area contributed by atoms with Gasteiger partial charge in [-0.2, -0.15) is 0 Å². The predicted octanol–water partition coefficient (Wildman–Crippen LogP) is 3.63. The molecule has 0 spiro atoms. The molecule has 0 saturated heterocycles. The Labute approximate surface area is 98.5 Å². The zero-order valence-corrected chi connectivity index (χ0v) is 10.5. The molecule has 88 valence electrons. The van der Waals surface area contributed by atoms with Crippen molar-refractivity contribution in [3.05, 3.63) is 24.0 Å². The summed E-state index contributed by atoms with van der Waals surface area (Å²) in [7, 11) is 0. The Balaban J connectivity index is 2.02. The molecule has 2 unspecified atom stereocenters. The second kappa shape index (κ2) is 4.86. The molecular formula is C14H22N2. The smallest absolute Gasteiger partial charge is 0.0603 e. The standard InChI is InChI=1S/C14H22N2/c1-10-7-11(2)9-13(8-10)16-14-5-4-6-15-12(14)3/h4-6,10-11,13,16H,7-9H2,1-3H3. The van der Waals surface area contributed by atoms with Crippen LogP contribution < -0.4 is 5.32 Å². The predicted molar refractivity (Wildman–Crippen MR) is 68.6 cm³/mol. The number of nitrogens with one attached hydrogen (secondary N) is 1. The summed E-state index contributed by atoms with van der Waals surface area (Å²) in [5.41, 5.74) is 2.31. The van der Waals surface area contributed by atoms with E-state index in [0.29, 0.717) is 6.04 Å². The van der Waals surface area contributed by atoms with Crippen molar-refractivity contribution in [2.24, 2.45) is 11.8 Å². The van der Waals surface area contributed by atoms with Crippen LogP contribution in [0.2, 0.25) is 0 Å². The maximum Gasteiger partial charge on any atom is 0.0603 e. The molecular weight excluding hydrogens is 196 g/mol. The van der Waals surface area contributed by atoms with Crippen molar-refractivity contribution < 1.29 is 0 Å². The first-order chi connectivity index (χ1) is 7.65. The number of hydrogen-bond acceptors (Lipinski definition) is 2. The van der Waals surface area contributed by atoms with Gasteiger partial charge in [-0.1, -0.05) is 13.8 Å². The minimum atomic E-state index is 0.627. The van der Waals surface area contributed by atoms with Crippen molar-refractivity contribution >= 4 is 5.69 Å². The Morgan fingerprint density at radius 2 is 1.88 bits per heavy atom. The molecule has 2 rings (SSSR count). The van der Waals surface area contributed by atoms with Crippen molar-refractivity contribution in [2.75, 3.05) is 5.32 Å². The van der Waals surface area contributed by atoms with Gasteiger partial charge in [-0.3, -0.25) is 4.98 Å². The molecule has 16 heavy (non-hydrogen) atoms. The summed E-state index contributed by atoms with van der Waals surface area (Å²) in [6, 6.07) is 4.76. The van der Waals surface area contributed by atoms with Gasteiger partial charge in [0, 0.05) is 12.2 Å².